The molecule has 0 aliphatic carbocycles. The van der Waals surface area contributed by atoms with E-state index < -0.39 is 0 Å². The molecule has 0 aliphatic rings. The third-order valence-electron chi connectivity index (χ3n) is 5.60. The number of ether oxygens (including phenoxy) is 3. The molecule has 40 heavy (non-hydrogen) atoms. The van der Waals surface area contributed by atoms with Gasteiger partial charge in [-0.2, -0.15) is 0 Å². The van der Waals surface area contributed by atoms with Crippen LogP contribution in [0.25, 0.3) is 0 Å². The molecule has 0 saturated carbocycles. The summed E-state index contributed by atoms with van der Waals surface area (Å²) >= 11 is 1.34. The number of benzene rings is 1. The van der Waals surface area contributed by atoms with Gasteiger partial charge in [-0.25, -0.2) is 0 Å². The van der Waals surface area contributed by atoms with E-state index in [-0.39, 0.29) is 49.8 Å². The highest BCUT2D eigenvalue weighted by Gasteiger charge is 2.04. The number of carbonyl (C=O) groups is 3. The molecule has 0 atom stereocenters. The summed E-state index contributed by atoms with van der Waals surface area (Å²) in [5.41, 5.74) is 0. The SMILES string of the molecule is O=C(CCCSNC(=O)CCCCCCCCCOc1ccc(O)cc1)NCCOCCOCC(=O)NCCO. The molecular formula is C28H47N3O8S. The number of aliphatic hydroxyl groups is 1. The Morgan fingerprint density at radius 2 is 1.35 bits per heavy atom. The molecule has 12 heteroatoms. The maximum absolute atomic E-state index is 11.9. The average Bonchev–Trinajstić information content (AvgIpc) is 2.95. The van der Waals surface area contributed by atoms with Crippen molar-refractivity contribution in [3.63, 3.8) is 0 Å². The van der Waals surface area contributed by atoms with E-state index in [0.29, 0.717) is 51.4 Å². The minimum Gasteiger partial charge on any atom is -0.508 e. The quantitative estimate of drug-likeness (QED) is 0.0815. The second kappa shape index (κ2) is 25.4. The molecule has 0 saturated heterocycles. The fourth-order valence-electron chi connectivity index (χ4n) is 3.47. The van der Waals surface area contributed by atoms with E-state index in [9.17, 15) is 19.5 Å². The van der Waals surface area contributed by atoms with Crippen molar-refractivity contribution in [2.75, 3.05) is 58.5 Å². The molecule has 0 heterocycles. The second-order valence-corrected chi connectivity index (χ2v) is 10.0. The maximum Gasteiger partial charge on any atom is 0.246 e. The summed E-state index contributed by atoms with van der Waals surface area (Å²) in [6, 6.07) is 6.76. The van der Waals surface area contributed by atoms with Gasteiger partial charge in [0.2, 0.25) is 17.7 Å². The number of phenols is 1. The Balaban J connectivity index is 1.79. The van der Waals surface area contributed by atoms with Crippen LogP contribution in [0.5, 0.6) is 11.5 Å². The van der Waals surface area contributed by atoms with Crippen molar-refractivity contribution in [1.29, 1.82) is 0 Å². The Hall–Kier alpha value is -2.54. The molecule has 11 nitrogen and oxygen atoms in total. The average molecular weight is 586 g/mol. The monoisotopic (exact) mass is 585 g/mol. The van der Waals surface area contributed by atoms with Crippen molar-refractivity contribution < 1.29 is 38.8 Å². The Labute approximate surface area is 242 Å². The molecule has 0 fully saturated rings. The summed E-state index contributed by atoms with van der Waals surface area (Å²) in [6.45, 7) is 2.03. The number of nitrogens with one attached hydrogen (secondary N) is 3. The van der Waals surface area contributed by atoms with Gasteiger partial charge >= 0.3 is 0 Å². The molecule has 1 rings (SSSR count). The van der Waals surface area contributed by atoms with Crippen LogP contribution in [-0.2, 0) is 23.9 Å². The van der Waals surface area contributed by atoms with E-state index in [4.69, 9.17) is 19.3 Å². The van der Waals surface area contributed by atoms with E-state index in [0.717, 1.165) is 50.7 Å². The zero-order valence-electron chi connectivity index (χ0n) is 23.5. The topological polar surface area (TPSA) is 155 Å². The molecule has 3 amide bonds. The van der Waals surface area contributed by atoms with E-state index in [1.165, 1.54) is 11.9 Å². The summed E-state index contributed by atoms with van der Waals surface area (Å²) in [6.07, 6.45) is 9.07. The largest absolute Gasteiger partial charge is 0.508 e. The van der Waals surface area contributed by atoms with Gasteiger partial charge in [0, 0.05) is 31.7 Å². The lowest BCUT2D eigenvalue weighted by Crippen LogP contribution is -2.30. The molecule has 0 unspecified atom stereocenters. The van der Waals surface area contributed by atoms with Gasteiger partial charge in [-0.05, 0) is 43.5 Å². The van der Waals surface area contributed by atoms with E-state index in [1.807, 2.05) is 0 Å². The molecule has 0 bridgehead atoms. The zero-order chi connectivity index (χ0) is 29.1. The van der Waals surface area contributed by atoms with Gasteiger partial charge in [0.1, 0.15) is 18.1 Å². The van der Waals surface area contributed by atoms with Crippen LogP contribution < -0.4 is 20.1 Å². The highest BCUT2D eigenvalue weighted by atomic mass is 32.2. The van der Waals surface area contributed by atoms with Gasteiger partial charge in [0.15, 0.2) is 0 Å². The van der Waals surface area contributed by atoms with Crippen LogP contribution in [0.2, 0.25) is 0 Å². The number of hydrogen-bond acceptors (Lipinski definition) is 9. The van der Waals surface area contributed by atoms with Crippen molar-refractivity contribution in [2.24, 2.45) is 0 Å². The fraction of sp³-hybridized carbons (Fsp3) is 0.679. The number of phenolic OH excluding ortho intramolecular Hbond substituents is 1. The van der Waals surface area contributed by atoms with Crippen molar-refractivity contribution in [3.8, 4) is 11.5 Å². The van der Waals surface area contributed by atoms with Gasteiger partial charge in [0.25, 0.3) is 0 Å². The maximum atomic E-state index is 11.9. The fourth-order valence-corrected chi connectivity index (χ4v) is 4.13. The van der Waals surface area contributed by atoms with Gasteiger partial charge in [0.05, 0.1) is 33.0 Å². The van der Waals surface area contributed by atoms with Gasteiger partial charge in [-0.1, -0.05) is 44.1 Å². The third-order valence-corrected chi connectivity index (χ3v) is 6.46. The van der Waals surface area contributed by atoms with Crippen LogP contribution in [0.1, 0.15) is 64.2 Å². The first-order valence-corrected chi connectivity index (χ1v) is 15.1. The molecule has 1 aromatic carbocycles. The van der Waals surface area contributed by atoms with Crippen LogP contribution in [0.3, 0.4) is 0 Å². The Morgan fingerprint density at radius 3 is 2.10 bits per heavy atom. The number of amides is 3. The number of carbonyl (C=O) groups excluding carboxylic acids is 3. The van der Waals surface area contributed by atoms with Crippen LogP contribution in [-0.4, -0.2) is 86.4 Å². The molecular weight excluding hydrogens is 538 g/mol. The van der Waals surface area contributed by atoms with Gasteiger partial charge < -0.3 is 39.8 Å². The lowest BCUT2D eigenvalue weighted by atomic mass is 10.1. The van der Waals surface area contributed by atoms with E-state index in [1.54, 1.807) is 24.3 Å². The number of aromatic hydroxyl groups is 1. The summed E-state index contributed by atoms with van der Waals surface area (Å²) in [7, 11) is 0. The van der Waals surface area contributed by atoms with Gasteiger partial charge in [-0.3, -0.25) is 14.4 Å². The van der Waals surface area contributed by atoms with E-state index in [2.05, 4.69) is 15.4 Å². The molecule has 228 valence electrons. The van der Waals surface area contributed by atoms with Crippen LogP contribution >= 0.6 is 11.9 Å². The third kappa shape index (κ3) is 22.3. The highest BCUT2D eigenvalue weighted by Crippen LogP contribution is 2.16. The first-order chi connectivity index (χ1) is 19.5. The Morgan fingerprint density at radius 1 is 0.700 bits per heavy atom. The summed E-state index contributed by atoms with van der Waals surface area (Å²) in [4.78, 5) is 35.0. The minimum atomic E-state index is -0.288. The molecule has 1 aromatic rings. The second-order valence-electron chi connectivity index (χ2n) is 9.13. The lowest BCUT2D eigenvalue weighted by molar-refractivity contribution is -0.126. The van der Waals surface area contributed by atoms with Crippen molar-refractivity contribution in [2.45, 2.75) is 64.2 Å². The first-order valence-electron chi connectivity index (χ1n) is 14.1. The number of rotatable bonds is 26. The summed E-state index contributed by atoms with van der Waals surface area (Å²) < 4.78 is 18.9. The van der Waals surface area contributed by atoms with Crippen molar-refractivity contribution in [3.05, 3.63) is 24.3 Å². The number of aliphatic hydroxyl groups excluding tert-OH is 1. The Kier molecular flexibility index (Phi) is 22.6. The van der Waals surface area contributed by atoms with E-state index >= 15 is 0 Å². The van der Waals surface area contributed by atoms with Crippen molar-refractivity contribution >= 4 is 29.7 Å². The smallest absolute Gasteiger partial charge is 0.246 e. The first kappa shape index (κ1) is 35.5. The highest BCUT2D eigenvalue weighted by molar-refractivity contribution is 7.97. The van der Waals surface area contributed by atoms with Crippen LogP contribution in [0.4, 0.5) is 0 Å². The normalized spacial score (nSPS) is 10.7. The lowest BCUT2D eigenvalue weighted by Gasteiger charge is -2.08. The minimum absolute atomic E-state index is 0.0350. The van der Waals surface area contributed by atoms with Crippen LogP contribution in [0, 0.1) is 0 Å². The molecule has 0 spiro atoms. The van der Waals surface area contributed by atoms with Crippen LogP contribution in [0.15, 0.2) is 24.3 Å². The summed E-state index contributed by atoms with van der Waals surface area (Å²) in [5.74, 6) is 1.38. The standard InChI is InChI=1S/C28H47N3O8S/c32-17-15-29-28(36)23-38-21-20-37-19-16-30-26(34)10-8-22-40-31-27(35)9-6-4-2-1-3-5-7-18-39-25-13-11-24(33)12-14-25/h11-14,32-33H,1-10,15-23H2,(H,29,36)(H,30,34)(H,31,35). The number of hydrogen-bond donors (Lipinski definition) is 5. The molecule has 5 N–H and O–H groups in total. The Bertz CT molecular complexity index is 798. The predicted octanol–water partition coefficient (Wildman–Crippen LogP) is 2.69. The molecule has 0 aromatic heterocycles. The van der Waals surface area contributed by atoms with Crippen molar-refractivity contribution in [1.82, 2.24) is 15.4 Å². The molecule has 0 radical (unpaired) electrons. The van der Waals surface area contributed by atoms with Gasteiger partial charge in [-0.15, -0.1) is 0 Å². The summed E-state index contributed by atoms with van der Waals surface area (Å²) in [5, 5.41) is 23.1. The molecule has 0 aliphatic heterocycles. The zero-order valence-corrected chi connectivity index (χ0v) is 24.3. The number of unbranched alkanes of at least 4 members (excludes halogenated alkanes) is 6. The predicted molar refractivity (Wildman–Crippen MR) is 155 cm³/mol.